The monoisotopic (exact) mass is 307 g/mol. The highest BCUT2D eigenvalue weighted by atomic mass is 79.9. The van der Waals surface area contributed by atoms with Crippen molar-refractivity contribution >= 4 is 38.4 Å². The Kier molecular flexibility index (Phi) is 2.72. The smallest absolute Gasteiger partial charge is 0.178 e. The lowest BCUT2D eigenvalue weighted by Gasteiger charge is -1.95. The molecule has 0 aliphatic rings. The number of imidazole rings is 1. The van der Waals surface area contributed by atoms with Crippen LogP contribution in [0.1, 0.15) is 12.5 Å². The molecule has 1 N–H and O–H groups in total. The van der Waals surface area contributed by atoms with E-state index in [2.05, 4.69) is 43.9 Å². The number of H-pyrrole nitrogens is 1. The number of aromatic amines is 1. The summed E-state index contributed by atoms with van der Waals surface area (Å²) in [7, 11) is 0. The van der Waals surface area contributed by atoms with Gasteiger partial charge >= 0.3 is 0 Å². The standard InChI is InChI=1S/C12H10BrN3S/c1-2-7-5-6-14-12-10(7)15-11(16-12)8-3-4-9(13)17-8/h3-6H,2H2,1H3,(H,14,15,16). The first-order valence-electron chi connectivity index (χ1n) is 5.37. The normalized spacial score (nSPS) is 11.2. The molecular weight excluding hydrogens is 298 g/mol. The van der Waals surface area contributed by atoms with E-state index in [9.17, 15) is 0 Å². The molecule has 3 rings (SSSR count). The zero-order valence-corrected chi connectivity index (χ0v) is 11.6. The molecule has 0 saturated carbocycles. The number of hydrogen-bond acceptors (Lipinski definition) is 3. The van der Waals surface area contributed by atoms with Crippen molar-refractivity contribution in [2.45, 2.75) is 13.3 Å². The van der Waals surface area contributed by atoms with Gasteiger partial charge in [0.25, 0.3) is 0 Å². The lowest BCUT2D eigenvalue weighted by atomic mass is 10.2. The van der Waals surface area contributed by atoms with Gasteiger partial charge in [0, 0.05) is 6.20 Å². The van der Waals surface area contributed by atoms with Crippen LogP contribution in [0.15, 0.2) is 28.2 Å². The van der Waals surface area contributed by atoms with Crippen LogP contribution in [0.2, 0.25) is 0 Å². The minimum atomic E-state index is 0.795. The summed E-state index contributed by atoms with van der Waals surface area (Å²) in [6.45, 7) is 2.14. The quantitative estimate of drug-likeness (QED) is 0.777. The molecule has 0 atom stereocenters. The molecule has 0 amide bonds. The topological polar surface area (TPSA) is 41.6 Å². The summed E-state index contributed by atoms with van der Waals surface area (Å²) in [6.07, 6.45) is 2.80. The average Bonchev–Trinajstić information content (AvgIpc) is 2.93. The Balaban J connectivity index is 2.19. The van der Waals surface area contributed by atoms with Crippen LogP contribution in [0.4, 0.5) is 0 Å². The van der Waals surface area contributed by atoms with Crippen molar-refractivity contribution in [2.24, 2.45) is 0 Å². The summed E-state index contributed by atoms with van der Waals surface area (Å²) < 4.78 is 1.11. The zero-order chi connectivity index (χ0) is 11.8. The van der Waals surface area contributed by atoms with Crippen LogP contribution < -0.4 is 0 Å². The number of halogens is 1. The molecule has 0 aliphatic carbocycles. The summed E-state index contributed by atoms with van der Waals surface area (Å²) in [6, 6.07) is 6.12. The number of nitrogens with one attached hydrogen (secondary N) is 1. The third-order valence-corrected chi connectivity index (χ3v) is 4.30. The van der Waals surface area contributed by atoms with Crippen LogP contribution in [0.5, 0.6) is 0 Å². The van der Waals surface area contributed by atoms with Crippen LogP contribution in [0, 0.1) is 0 Å². The van der Waals surface area contributed by atoms with Crippen molar-refractivity contribution < 1.29 is 0 Å². The number of rotatable bonds is 2. The Morgan fingerprint density at radius 3 is 2.94 bits per heavy atom. The van der Waals surface area contributed by atoms with Crippen molar-refractivity contribution in [1.29, 1.82) is 0 Å². The highest BCUT2D eigenvalue weighted by Crippen LogP contribution is 2.30. The van der Waals surface area contributed by atoms with E-state index in [1.54, 1.807) is 11.3 Å². The first-order chi connectivity index (χ1) is 8.28. The van der Waals surface area contributed by atoms with Gasteiger partial charge in [0.1, 0.15) is 0 Å². The molecule has 0 unspecified atom stereocenters. The highest BCUT2D eigenvalue weighted by molar-refractivity contribution is 9.11. The fraction of sp³-hybridized carbons (Fsp3) is 0.167. The first kappa shape index (κ1) is 10.9. The minimum Gasteiger partial charge on any atom is -0.336 e. The Labute approximate surface area is 111 Å². The number of aromatic nitrogens is 3. The number of hydrogen-bond donors (Lipinski definition) is 1. The summed E-state index contributed by atoms with van der Waals surface area (Å²) in [5.41, 5.74) is 3.10. The highest BCUT2D eigenvalue weighted by Gasteiger charge is 2.10. The number of aryl methyl sites for hydroxylation is 1. The van der Waals surface area contributed by atoms with E-state index in [1.807, 2.05) is 18.3 Å². The fourth-order valence-corrected chi connectivity index (χ4v) is 3.15. The van der Waals surface area contributed by atoms with E-state index in [-0.39, 0.29) is 0 Å². The molecule has 0 saturated heterocycles. The van der Waals surface area contributed by atoms with Crippen LogP contribution in [-0.2, 0) is 6.42 Å². The lowest BCUT2D eigenvalue weighted by Crippen LogP contribution is -1.84. The van der Waals surface area contributed by atoms with Gasteiger partial charge < -0.3 is 4.98 Å². The molecular formula is C12H10BrN3S. The van der Waals surface area contributed by atoms with Crippen molar-refractivity contribution in [3.05, 3.63) is 33.7 Å². The zero-order valence-electron chi connectivity index (χ0n) is 9.20. The van der Waals surface area contributed by atoms with Gasteiger partial charge in [-0.05, 0) is 46.1 Å². The van der Waals surface area contributed by atoms with E-state index in [1.165, 1.54) is 5.56 Å². The summed E-state index contributed by atoms with van der Waals surface area (Å²) >= 11 is 5.13. The van der Waals surface area contributed by atoms with E-state index in [4.69, 9.17) is 0 Å². The maximum Gasteiger partial charge on any atom is 0.178 e. The maximum absolute atomic E-state index is 4.53. The molecule has 0 fully saturated rings. The van der Waals surface area contributed by atoms with Gasteiger partial charge in [-0.1, -0.05) is 6.92 Å². The van der Waals surface area contributed by atoms with E-state index in [0.29, 0.717) is 0 Å². The second-order valence-corrected chi connectivity index (χ2v) is 6.17. The van der Waals surface area contributed by atoms with Gasteiger partial charge in [0.15, 0.2) is 11.5 Å². The summed E-state index contributed by atoms with van der Waals surface area (Å²) in [4.78, 5) is 13.3. The van der Waals surface area contributed by atoms with Gasteiger partial charge in [-0.3, -0.25) is 0 Å². The van der Waals surface area contributed by atoms with E-state index >= 15 is 0 Å². The van der Waals surface area contributed by atoms with Crippen LogP contribution in [-0.4, -0.2) is 15.0 Å². The van der Waals surface area contributed by atoms with Gasteiger partial charge in [-0.15, -0.1) is 11.3 Å². The number of thiophene rings is 1. The molecule has 0 spiro atoms. The summed E-state index contributed by atoms with van der Waals surface area (Å²) in [5, 5.41) is 0. The van der Waals surface area contributed by atoms with Gasteiger partial charge in [-0.2, -0.15) is 0 Å². The van der Waals surface area contributed by atoms with Crippen LogP contribution in [0.25, 0.3) is 21.9 Å². The predicted octanol–water partition coefficient (Wildman–Crippen LogP) is 4.01. The van der Waals surface area contributed by atoms with Crippen LogP contribution in [0.3, 0.4) is 0 Å². The molecule has 3 aromatic heterocycles. The van der Waals surface area contributed by atoms with Crippen molar-refractivity contribution in [3.63, 3.8) is 0 Å². The molecule has 0 bridgehead atoms. The second-order valence-electron chi connectivity index (χ2n) is 3.71. The third-order valence-electron chi connectivity index (χ3n) is 2.67. The average molecular weight is 308 g/mol. The fourth-order valence-electron chi connectivity index (χ4n) is 1.82. The van der Waals surface area contributed by atoms with Gasteiger partial charge in [0.05, 0.1) is 14.2 Å². The SMILES string of the molecule is CCc1ccnc2nc(-c3ccc(Br)s3)[nH]c12. The Hall–Kier alpha value is -1.20. The third kappa shape index (κ3) is 1.89. The molecule has 3 aromatic rings. The minimum absolute atomic E-state index is 0.795. The van der Waals surface area contributed by atoms with Crippen LogP contribution >= 0.6 is 27.3 Å². The maximum atomic E-state index is 4.53. The molecule has 0 aliphatic heterocycles. The van der Waals surface area contributed by atoms with Gasteiger partial charge in [0.2, 0.25) is 0 Å². The van der Waals surface area contributed by atoms with Gasteiger partial charge in [-0.25, -0.2) is 9.97 Å². The molecule has 3 heterocycles. The number of nitrogens with zero attached hydrogens (tertiary/aromatic N) is 2. The molecule has 5 heteroatoms. The second kappa shape index (κ2) is 4.23. The molecule has 0 radical (unpaired) electrons. The molecule has 0 aromatic carbocycles. The molecule has 86 valence electrons. The number of pyridine rings is 1. The van der Waals surface area contributed by atoms with Crippen molar-refractivity contribution in [2.75, 3.05) is 0 Å². The molecule has 17 heavy (non-hydrogen) atoms. The van der Waals surface area contributed by atoms with E-state index in [0.717, 1.165) is 32.1 Å². The summed E-state index contributed by atoms with van der Waals surface area (Å²) in [5.74, 6) is 0.893. The molecule has 3 nitrogen and oxygen atoms in total. The Bertz CT molecular complexity index is 671. The number of fused-ring (bicyclic) bond motifs is 1. The van der Waals surface area contributed by atoms with Crippen molar-refractivity contribution in [3.8, 4) is 10.7 Å². The first-order valence-corrected chi connectivity index (χ1v) is 6.98. The Morgan fingerprint density at radius 1 is 1.35 bits per heavy atom. The Morgan fingerprint density at radius 2 is 2.24 bits per heavy atom. The van der Waals surface area contributed by atoms with Crippen molar-refractivity contribution in [1.82, 2.24) is 15.0 Å². The lowest BCUT2D eigenvalue weighted by molar-refractivity contribution is 1.14. The largest absolute Gasteiger partial charge is 0.336 e. The van der Waals surface area contributed by atoms with E-state index < -0.39 is 0 Å². The predicted molar refractivity (Wildman–Crippen MR) is 74.3 cm³/mol.